The molecule has 0 radical (unpaired) electrons. The molecule has 0 saturated heterocycles. The molecule has 3 rings (SSSR count). The number of hydrogen-bond donors (Lipinski definition) is 2. The first-order valence-electron chi connectivity index (χ1n) is 6.21. The van der Waals surface area contributed by atoms with Crippen LogP contribution in [0.15, 0.2) is 30.5 Å². The highest BCUT2D eigenvalue weighted by molar-refractivity contribution is 5.99. The zero-order chi connectivity index (χ0) is 13.2. The third kappa shape index (κ3) is 2.32. The summed E-state index contributed by atoms with van der Waals surface area (Å²) >= 11 is 0. The summed E-state index contributed by atoms with van der Waals surface area (Å²) in [7, 11) is 0. The first kappa shape index (κ1) is 11.8. The Bertz CT molecular complexity index is 639. The molecule has 1 amide bonds. The molecule has 0 fully saturated rings. The van der Waals surface area contributed by atoms with Crippen molar-refractivity contribution >= 4 is 11.6 Å². The summed E-state index contributed by atoms with van der Waals surface area (Å²) in [6.07, 6.45) is 2.84. The highest BCUT2D eigenvalue weighted by Gasteiger charge is 2.17. The van der Waals surface area contributed by atoms with Gasteiger partial charge in [0.2, 0.25) is 5.91 Å². The lowest BCUT2D eigenvalue weighted by atomic mass is 10.1. The Morgan fingerprint density at radius 1 is 1.32 bits per heavy atom. The SMILES string of the molecule is NCCc1nccc(-c2ccc3c(c2)CC(=O)N3)n1. The molecule has 5 nitrogen and oxygen atoms in total. The fraction of sp³-hybridized carbons (Fsp3) is 0.214. The van der Waals surface area contributed by atoms with E-state index in [4.69, 9.17) is 5.73 Å². The highest BCUT2D eigenvalue weighted by atomic mass is 16.1. The number of amides is 1. The molecule has 2 heterocycles. The number of nitrogens with two attached hydrogens (primary N) is 1. The molecule has 0 unspecified atom stereocenters. The molecule has 0 aliphatic carbocycles. The number of rotatable bonds is 3. The lowest BCUT2D eigenvalue weighted by Gasteiger charge is -2.05. The zero-order valence-electron chi connectivity index (χ0n) is 10.4. The molecule has 3 N–H and O–H groups in total. The Hall–Kier alpha value is -2.27. The maximum atomic E-state index is 11.3. The molecule has 0 atom stereocenters. The Morgan fingerprint density at radius 2 is 2.21 bits per heavy atom. The standard InChI is InChI=1S/C14H14N4O/c15-5-3-13-16-6-4-12(17-13)9-1-2-11-10(7-9)8-14(19)18-11/h1-2,4,6-7H,3,5,8,15H2,(H,18,19). The van der Waals surface area contributed by atoms with E-state index in [0.29, 0.717) is 19.4 Å². The summed E-state index contributed by atoms with van der Waals surface area (Å²) in [4.78, 5) is 20.0. The third-order valence-electron chi connectivity index (χ3n) is 3.10. The van der Waals surface area contributed by atoms with Crippen LogP contribution in [-0.2, 0) is 17.6 Å². The van der Waals surface area contributed by atoms with Gasteiger partial charge in [0.25, 0.3) is 0 Å². The van der Waals surface area contributed by atoms with Crippen LogP contribution in [0, 0.1) is 0 Å². The van der Waals surface area contributed by atoms with Gasteiger partial charge >= 0.3 is 0 Å². The minimum Gasteiger partial charge on any atom is -0.330 e. The van der Waals surface area contributed by atoms with E-state index < -0.39 is 0 Å². The largest absolute Gasteiger partial charge is 0.330 e. The zero-order valence-corrected chi connectivity index (χ0v) is 10.4. The Kier molecular flexibility index (Phi) is 2.97. The first-order chi connectivity index (χ1) is 9.26. The van der Waals surface area contributed by atoms with Crippen LogP contribution in [0.4, 0.5) is 5.69 Å². The predicted octanol–water partition coefficient (Wildman–Crippen LogP) is 1.14. The van der Waals surface area contributed by atoms with Gasteiger partial charge in [0.1, 0.15) is 5.82 Å². The molecular weight excluding hydrogens is 240 g/mol. The van der Waals surface area contributed by atoms with Crippen LogP contribution in [0.25, 0.3) is 11.3 Å². The number of anilines is 1. The number of hydrogen-bond acceptors (Lipinski definition) is 4. The average Bonchev–Trinajstić information content (AvgIpc) is 2.78. The Morgan fingerprint density at radius 3 is 3.05 bits per heavy atom. The van der Waals surface area contributed by atoms with Crippen molar-refractivity contribution < 1.29 is 4.79 Å². The molecule has 0 bridgehead atoms. The number of nitrogens with one attached hydrogen (secondary N) is 1. The summed E-state index contributed by atoms with van der Waals surface area (Å²) < 4.78 is 0. The lowest BCUT2D eigenvalue weighted by Crippen LogP contribution is -2.06. The number of aromatic nitrogens is 2. The van der Waals surface area contributed by atoms with Crippen LogP contribution in [0.2, 0.25) is 0 Å². The second kappa shape index (κ2) is 4.78. The van der Waals surface area contributed by atoms with E-state index in [0.717, 1.165) is 28.3 Å². The Labute approximate surface area is 110 Å². The molecule has 0 saturated carbocycles. The first-order valence-corrected chi connectivity index (χ1v) is 6.21. The monoisotopic (exact) mass is 254 g/mol. The normalized spacial score (nSPS) is 13.2. The van der Waals surface area contributed by atoms with E-state index in [9.17, 15) is 4.79 Å². The van der Waals surface area contributed by atoms with Crippen molar-refractivity contribution in [2.75, 3.05) is 11.9 Å². The van der Waals surface area contributed by atoms with E-state index in [2.05, 4.69) is 15.3 Å². The van der Waals surface area contributed by atoms with Gasteiger partial charge in [-0.1, -0.05) is 6.07 Å². The van der Waals surface area contributed by atoms with Crippen molar-refractivity contribution in [2.45, 2.75) is 12.8 Å². The van der Waals surface area contributed by atoms with E-state index in [1.165, 1.54) is 0 Å². The van der Waals surface area contributed by atoms with Gasteiger partial charge in [0, 0.05) is 23.9 Å². The van der Waals surface area contributed by atoms with Gasteiger partial charge in [0.15, 0.2) is 0 Å². The van der Waals surface area contributed by atoms with Crippen molar-refractivity contribution in [3.05, 3.63) is 41.9 Å². The summed E-state index contributed by atoms with van der Waals surface area (Å²) in [6, 6.07) is 7.74. The molecule has 19 heavy (non-hydrogen) atoms. The van der Waals surface area contributed by atoms with Gasteiger partial charge in [-0.15, -0.1) is 0 Å². The summed E-state index contributed by atoms with van der Waals surface area (Å²) in [5.41, 5.74) is 9.28. The summed E-state index contributed by atoms with van der Waals surface area (Å²) in [6.45, 7) is 0.534. The van der Waals surface area contributed by atoms with Crippen molar-refractivity contribution in [2.24, 2.45) is 5.73 Å². The van der Waals surface area contributed by atoms with E-state index in [1.807, 2.05) is 24.3 Å². The van der Waals surface area contributed by atoms with Crippen LogP contribution in [0.1, 0.15) is 11.4 Å². The van der Waals surface area contributed by atoms with Crippen LogP contribution in [0.3, 0.4) is 0 Å². The van der Waals surface area contributed by atoms with Gasteiger partial charge < -0.3 is 11.1 Å². The number of nitrogens with zero attached hydrogens (tertiary/aromatic N) is 2. The van der Waals surface area contributed by atoms with Crippen LogP contribution in [-0.4, -0.2) is 22.4 Å². The van der Waals surface area contributed by atoms with Crippen molar-refractivity contribution in [1.82, 2.24) is 9.97 Å². The molecule has 1 aromatic heterocycles. The van der Waals surface area contributed by atoms with Crippen LogP contribution < -0.4 is 11.1 Å². The van der Waals surface area contributed by atoms with Crippen molar-refractivity contribution in [3.8, 4) is 11.3 Å². The van der Waals surface area contributed by atoms with Crippen LogP contribution >= 0.6 is 0 Å². The molecule has 0 spiro atoms. The maximum absolute atomic E-state index is 11.3. The number of benzene rings is 1. The topological polar surface area (TPSA) is 80.9 Å². The molecule has 96 valence electrons. The molecule has 1 aromatic carbocycles. The summed E-state index contributed by atoms with van der Waals surface area (Å²) in [5.74, 6) is 0.786. The predicted molar refractivity (Wildman–Crippen MR) is 72.6 cm³/mol. The summed E-state index contributed by atoms with van der Waals surface area (Å²) in [5, 5.41) is 2.82. The maximum Gasteiger partial charge on any atom is 0.228 e. The Balaban J connectivity index is 1.96. The average molecular weight is 254 g/mol. The number of fused-ring (bicyclic) bond motifs is 1. The smallest absolute Gasteiger partial charge is 0.228 e. The van der Waals surface area contributed by atoms with Crippen molar-refractivity contribution in [1.29, 1.82) is 0 Å². The quantitative estimate of drug-likeness (QED) is 0.860. The van der Waals surface area contributed by atoms with Crippen LogP contribution in [0.5, 0.6) is 0 Å². The van der Waals surface area contributed by atoms with Gasteiger partial charge in [0.05, 0.1) is 12.1 Å². The van der Waals surface area contributed by atoms with E-state index >= 15 is 0 Å². The molecule has 1 aliphatic rings. The minimum absolute atomic E-state index is 0.0404. The lowest BCUT2D eigenvalue weighted by molar-refractivity contribution is -0.115. The van der Waals surface area contributed by atoms with Gasteiger partial charge in [-0.3, -0.25) is 4.79 Å². The fourth-order valence-corrected chi connectivity index (χ4v) is 2.20. The van der Waals surface area contributed by atoms with E-state index in [-0.39, 0.29) is 5.91 Å². The fourth-order valence-electron chi connectivity index (χ4n) is 2.20. The second-order valence-electron chi connectivity index (χ2n) is 4.49. The van der Waals surface area contributed by atoms with Gasteiger partial charge in [-0.05, 0) is 30.3 Å². The van der Waals surface area contributed by atoms with Crippen molar-refractivity contribution in [3.63, 3.8) is 0 Å². The van der Waals surface area contributed by atoms with E-state index in [1.54, 1.807) is 6.20 Å². The molecule has 2 aromatic rings. The highest BCUT2D eigenvalue weighted by Crippen LogP contribution is 2.28. The second-order valence-corrected chi connectivity index (χ2v) is 4.49. The molecule has 5 heteroatoms. The van der Waals surface area contributed by atoms with Gasteiger partial charge in [-0.25, -0.2) is 9.97 Å². The number of carbonyl (C=O) groups is 1. The minimum atomic E-state index is 0.0404. The molecular formula is C14H14N4O. The third-order valence-corrected chi connectivity index (χ3v) is 3.10. The van der Waals surface area contributed by atoms with Gasteiger partial charge in [-0.2, -0.15) is 0 Å². The number of carbonyl (C=O) groups excluding carboxylic acids is 1. The molecule has 1 aliphatic heterocycles.